The van der Waals surface area contributed by atoms with Gasteiger partial charge in [0.05, 0.1) is 29.6 Å². The molecule has 4 nitrogen and oxygen atoms in total. The Kier molecular flexibility index (Phi) is 3.50. The fourth-order valence-electron chi connectivity index (χ4n) is 2.07. The van der Waals surface area contributed by atoms with Gasteiger partial charge < -0.3 is 15.8 Å². The first-order valence-corrected chi connectivity index (χ1v) is 5.84. The number of rotatable bonds is 3. The zero-order chi connectivity index (χ0) is 12.3. The summed E-state index contributed by atoms with van der Waals surface area (Å²) in [5, 5.41) is 12.2. The molecule has 0 bridgehead atoms. The van der Waals surface area contributed by atoms with Crippen LogP contribution in [0.5, 0.6) is 0 Å². The van der Waals surface area contributed by atoms with E-state index < -0.39 is 0 Å². The van der Waals surface area contributed by atoms with Crippen LogP contribution in [-0.4, -0.2) is 19.3 Å². The van der Waals surface area contributed by atoms with Gasteiger partial charge in [-0.2, -0.15) is 5.26 Å². The van der Waals surface area contributed by atoms with Crippen molar-refractivity contribution in [2.24, 2.45) is 5.92 Å². The van der Waals surface area contributed by atoms with Gasteiger partial charge in [0.2, 0.25) is 0 Å². The minimum atomic E-state index is 0.327. The van der Waals surface area contributed by atoms with Crippen molar-refractivity contribution in [1.29, 1.82) is 5.26 Å². The number of hydrogen-bond acceptors (Lipinski definition) is 4. The number of nitriles is 1. The van der Waals surface area contributed by atoms with Crippen molar-refractivity contribution in [2.45, 2.75) is 19.4 Å². The lowest BCUT2D eigenvalue weighted by Gasteiger charge is -2.21. The second kappa shape index (κ2) is 5.07. The van der Waals surface area contributed by atoms with Crippen LogP contribution in [0.15, 0.2) is 18.2 Å². The van der Waals surface area contributed by atoms with Gasteiger partial charge >= 0.3 is 0 Å². The highest BCUT2D eigenvalue weighted by molar-refractivity contribution is 5.68. The fourth-order valence-corrected chi connectivity index (χ4v) is 2.07. The van der Waals surface area contributed by atoms with E-state index in [1.54, 1.807) is 12.1 Å². The average molecular weight is 231 g/mol. The number of nitrogens with zero attached hydrogens (tertiary/aromatic N) is 1. The molecule has 0 radical (unpaired) electrons. The van der Waals surface area contributed by atoms with E-state index in [1.807, 2.05) is 6.07 Å². The molecule has 2 unspecified atom stereocenters. The second-order valence-corrected chi connectivity index (χ2v) is 4.47. The van der Waals surface area contributed by atoms with Gasteiger partial charge in [-0.1, -0.05) is 0 Å². The number of ether oxygens (including phenoxy) is 1. The average Bonchev–Trinajstić information content (AvgIpc) is 2.85. The SMILES string of the molecule is CC(Nc1ccc(C#N)cc1N)C1CCOC1. The molecule has 1 aromatic carbocycles. The molecule has 1 fully saturated rings. The molecule has 0 saturated carbocycles. The molecule has 90 valence electrons. The summed E-state index contributed by atoms with van der Waals surface area (Å²) < 4.78 is 5.37. The second-order valence-electron chi connectivity index (χ2n) is 4.47. The van der Waals surface area contributed by atoms with Crippen molar-refractivity contribution < 1.29 is 4.74 Å². The van der Waals surface area contributed by atoms with E-state index in [4.69, 9.17) is 15.7 Å². The first kappa shape index (κ1) is 11.7. The topological polar surface area (TPSA) is 71.1 Å². The third-order valence-electron chi connectivity index (χ3n) is 3.24. The van der Waals surface area contributed by atoms with Crippen LogP contribution in [-0.2, 0) is 4.74 Å². The van der Waals surface area contributed by atoms with Gasteiger partial charge in [0.15, 0.2) is 0 Å². The zero-order valence-corrected chi connectivity index (χ0v) is 9.94. The van der Waals surface area contributed by atoms with Crippen LogP contribution < -0.4 is 11.1 Å². The molecule has 1 heterocycles. The summed E-state index contributed by atoms with van der Waals surface area (Å²) in [6.07, 6.45) is 1.09. The smallest absolute Gasteiger partial charge is 0.0992 e. The van der Waals surface area contributed by atoms with Crippen LogP contribution in [0, 0.1) is 17.2 Å². The normalized spacial score (nSPS) is 20.8. The van der Waals surface area contributed by atoms with E-state index in [2.05, 4.69) is 18.3 Å². The van der Waals surface area contributed by atoms with E-state index in [9.17, 15) is 0 Å². The largest absolute Gasteiger partial charge is 0.397 e. The Bertz CT molecular complexity index is 433. The summed E-state index contributed by atoms with van der Waals surface area (Å²) in [5.74, 6) is 0.532. The molecular formula is C13H17N3O. The number of benzene rings is 1. The predicted octanol–water partition coefficient (Wildman–Crippen LogP) is 1.98. The van der Waals surface area contributed by atoms with Crippen molar-refractivity contribution in [1.82, 2.24) is 0 Å². The summed E-state index contributed by atoms with van der Waals surface area (Å²) in [7, 11) is 0. The number of nitrogens with two attached hydrogens (primary N) is 1. The Morgan fingerprint density at radius 1 is 1.59 bits per heavy atom. The lowest BCUT2D eigenvalue weighted by atomic mass is 10.0. The quantitative estimate of drug-likeness (QED) is 0.780. The molecular weight excluding hydrogens is 214 g/mol. The highest BCUT2D eigenvalue weighted by Gasteiger charge is 2.22. The minimum absolute atomic E-state index is 0.327. The van der Waals surface area contributed by atoms with E-state index in [-0.39, 0.29) is 0 Å². The summed E-state index contributed by atoms with van der Waals surface area (Å²) in [5.41, 5.74) is 8.00. The molecule has 1 aliphatic heterocycles. The highest BCUT2D eigenvalue weighted by atomic mass is 16.5. The summed E-state index contributed by atoms with van der Waals surface area (Å²) in [6.45, 7) is 3.79. The molecule has 2 rings (SSSR count). The van der Waals surface area contributed by atoms with Gasteiger partial charge in [-0.3, -0.25) is 0 Å². The molecule has 3 N–H and O–H groups in total. The Morgan fingerprint density at radius 3 is 3.00 bits per heavy atom. The zero-order valence-electron chi connectivity index (χ0n) is 9.94. The third kappa shape index (κ3) is 2.69. The lowest BCUT2D eigenvalue weighted by Crippen LogP contribution is -2.26. The van der Waals surface area contributed by atoms with Gasteiger partial charge in [-0.25, -0.2) is 0 Å². The van der Waals surface area contributed by atoms with Gasteiger partial charge in [-0.15, -0.1) is 0 Å². The molecule has 2 atom stereocenters. The van der Waals surface area contributed by atoms with Gasteiger partial charge in [0.1, 0.15) is 0 Å². The van der Waals surface area contributed by atoms with Gasteiger partial charge in [0, 0.05) is 18.6 Å². The number of nitrogens with one attached hydrogen (secondary N) is 1. The monoisotopic (exact) mass is 231 g/mol. The van der Waals surface area contributed by atoms with Crippen LogP contribution in [0.4, 0.5) is 11.4 Å². The van der Waals surface area contributed by atoms with Crippen molar-refractivity contribution >= 4 is 11.4 Å². The maximum Gasteiger partial charge on any atom is 0.0992 e. The van der Waals surface area contributed by atoms with Gasteiger partial charge in [-0.05, 0) is 31.5 Å². The fraction of sp³-hybridized carbons (Fsp3) is 0.462. The minimum Gasteiger partial charge on any atom is -0.397 e. The summed E-state index contributed by atoms with van der Waals surface area (Å²) in [6, 6.07) is 7.73. The summed E-state index contributed by atoms with van der Waals surface area (Å²) in [4.78, 5) is 0. The summed E-state index contributed by atoms with van der Waals surface area (Å²) >= 11 is 0. The molecule has 0 spiro atoms. The van der Waals surface area contributed by atoms with Crippen LogP contribution in [0.25, 0.3) is 0 Å². The molecule has 0 aliphatic carbocycles. The molecule has 1 saturated heterocycles. The van der Waals surface area contributed by atoms with Crippen LogP contribution >= 0.6 is 0 Å². The molecule has 17 heavy (non-hydrogen) atoms. The number of nitrogen functional groups attached to an aromatic ring is 1. The molecule has 4 heteroatoms. The first-order valence-electron chi connectivity index (χ1n) is 5.84. The van der Waals surface area contributed by atoms with Crippen LogP contribution in [0.2, 0.25) is 0 Å². The maximum atomic E-state index is 8.76. The third-order valence-corrected chi connectivity index (χ3v) is 3.24. The Labute approximate surface area is 101 Å². The van der Waals surface area contributed by atoms with Crippen molar-refractivity contribution in [3.8, 4) is 6.07 Å². The van der Waals surface area contributed by atoms with Crippen molar-refractivity contribution in [3.05, 3.63) is 23.8 Å². The van der Waals surface area contributed by atoms with E-state index in [1.165, 1.54) is 0 Å². The number of anilines is 2. The lowest BCUT2D eigenvalue weighted by molar-refractivity contribution is 0.183. The first-order chi connectivity index (χ1) is 8.20. The van der Waals surface area contributed by atoms with Crippen molar-refractivity contribution in [3.63, 3.8) is 0 Å². The van der Waals surface area contributed by atoms with Crippen LogP contribution in [0.1, 0.15) is 18.9 Å². The van der Waals surface area contributed by atoms with Gasteiger partial charge in [0.25, 0.3) is 0 Å². The number of hydrogen-bond donors (Lipinski definition) is 2. The van der Waals surface area contributed by atoms with E-state index >= 15 is 0 Å². The van der Waals surface area contributed by atoms with E-state index in [0.717, 1.165) is 25.3 Å². The van der Waals surface area contributed by atoms with Crippen LogP contribution in [0.3, 0.4) is 0 Å². The van der Waals surface area contributed by atoms with E-state index in [0.29, 0.717) is 23.2 Å². The molecule has 0 amide bonds. The Morgan fingerprint density at radius 2 is 2.41 bits per heavy atom. The highest BCUT2D eigenvalue weighted by Crippen LogP contribution is 2.24. The standard InChI is InChI=1S/C13H17N3O/c1-9(11-4-5-17-8-11)16-13-3-2-10(7-14)6-12(13)15/h2-3,6,9,11,16H,4-5,8,15H2,1H3. The maximum absolute atomic E-state index is 8.76. The molecule has 0 aromatic heterocycles. The predicted molar refractivity (Wildman–Crippen MR) is 67.6 cm³/mol. The molecule has 1 aromatic rings. The Hall–Kier alpha value is -1.73. The Balaban J connectivity index is 2.05. The molecule has 1 aliphatic rings. The van der Waals surface area contributed by atoms with Crippen molar-refractivity contribution in [2.75, 3.05) is 24.3 Å².